The normalized spacial score (nSPS) is 18.3. The Hall–Kier alpha value is -1.02. The number of hydrogen-bond donors (Lipinski definition) is 1. The van der Waals surface area contributed by atoms with E-state index in [1.807, 2.05) is 13.8 Å². The van der Waals surface area contributed by atoms with E-state index in [0.717, 1.165) is 5.56 Å². The third-order valence-electron chi connectivity index (χ3n) is 4.54. The molecule has 0 spiro atoms. The van der Waals surface area contributed by atoms with Crippen LogP contribution in [0.5, 0.6) is 0 Å². The lowest BCUT2D eigenvalue weighted by Gasteiger charge is -2.38. The fourth-order valence-electron chi connectivity index (χ4n) is 3.02. The average Bonchev–Trinajstić information content (AvgIpc) is 2.55. The average molecular weight is 344 g/mol. The van der Waals surface area contributed by atoms with Gasteiger partial charge in [0.25, 0.3) is 10.2 Å². The van der Waals surface area contributed by atoms with E-state index in [-0.39, 0.29) is 11.2 Å². The molecule has 23 heavy (non-hydrogen) atoms. The van der Waals surface area contributed by atoms with Crippen LogP contribution < -0.4 is 4.72 Å². The summed E-state index contributed by atoms with van der Waals surface area (Å²) in [6.07, 6.45) is 1.42. The number of nitrogens with one attached hydrogen (secondary N) is 1. The van der Waals surface area contributed by atoms with Crippen molar-refractivity contribution in [3.05, 3.63) is 35.6 Å². The van der Waals surface area contributed by atoms with Gasteiger partial charge < -0.3 is 4.74 Å². The van der Waals surface area contributed by atoms with Crippen LogP contribution in [0, 0.1) is 5.82 Å². The standard InChI is InChI=1S/C16H25FN2O3S/c1-3-19(4-2)23(20,21)18-13-16(9-11-22-12-10-16)14-5-7-15(17)8-6-14/h5-8,18H,3-4,9-13H2,1-2H3. The van der Waals surface area contributed by atoms with Crippen molar-refractivity contribution in [3.8, 4) is 0 Å². The number of halogens is 1. The fraction of sp³-hybridized carbons (Fsp3) is 0.625. The molecular formula is C16H25FN2O3S. The summed E-state index contributed by atoms with van der Waals surface area (Å²) in [5.74, 6) is -0.292. The first-order valence-electron chi connectivity index (χ1n) is 8.02. The smallest absolute Gasteiger partial charge is 0.279 e. The minimum absolute atomic E-state index is 0.292. The zero-order chi connectivity index (χ0) is 16.9. The second-order valence-corrected chi connectivity index (χ2v) is 7.57. The van der Waals surface area contributed by atoms with Gasteiger partial charge in [-0.05, 0) is 30.5 Å². The SMILES string of the molecule is CCN(CC)S(=O)(=O)NCC1(c2ccc(F)cc2)CCOCC1. The molecule has 1 heterocycles. The van der Waals surface area contributed by atoms with E-state index in [1.165, 1.54) is 16.4 Å². The fourth-order valence-corrected chi connectivity index (χ4v) is 4.34. The highest BCUT2D eigenvalue weighted by molar-refractivity contribution is 7.87. The summed E-state index contributed by atoms with van der Waals surface area (Å²) in [4.78, 5) is 0. The maximum absolute atomic E-state index is 13.2. The number of benzene rings is 1. The molecule has 0 atom stereocenters. The van der Waals surface area contributed by atoms with Crippen molar-refractivity contribution < 1.29 is 17.5 Å². The Labute approximate surface area is 138 Å². The topological polar surface area (TPSA) is 58.6 Å². The second kappa shape index (κ2) is 7.70. The number of rotatable bonds is 7. The monoisotopic (exact) mass is 344 g/mol. The molecule has 1 aliphatic heterocycles. The van der Waals surface area contributed by atoms with E-state index in [9.17, 15) is 12.8 Å². The summed E-state index contributed by atoms with van der Waals surface area (Å²) < 4.78 is 47.5. The molecular weight excluding hydrogens is 319 g/mol. The van der Waals surface area contributed by atoms with E-state index in [2.05, 4.69) is 4.72 Å². The molecule has 1 saturated heterocycles. The minimum Gasteiger partial charge on any atom is -0.381 e. The summed E-state index contributed by atoms with van der Waals surface area (Å²) in [6.45, 7) is 5.92. The summed E-state index contributed by atoms with van der Waals surface area (Å²) in [6, 6.07) is 6.33. The van der Waals surface area contributed by atoms with Crippen molar-refractivity contribution in [1.29, 1.82) is 0 Å². The van der Waals surface area contributed by atoms with E-state index < -0.39 is 10.2 Å². The lowest BCUT2D eigenvalue weighted by atomic mass is 9.74. The summed E-state index contributed by atoms with van der Waals surface area (Å²) >= 11 is 0. The highest BCUT2D eigenvalue weighted by atomic mass is 32.2. The summed E-state index contributed by atoms with van der Waals surface area (Å²) in [5.41, 5.74) is 0.594. The van der Waals surface area contributed by atoms with E-state index in [4.69, 9.17) is 4.74 Å². The number of hydrogen-bond acceptors (Lipinski definition) is 3. The Morgan fingerprint density at radius 1 is 1.17 bits per heavy atom. The van der Waals surface area contributed by atoms with Gasteiger partial charge in [-0.1, -0.05) is 26.0 Å². The van der Waals surface area contributed by atoms with Crippen molar-refractivity contribution in [2.75, 3.05) is 32.8 Å². The Kier molecular flexibility index (Phi) is 6.13. The highest BCUT2D eigenvalue weighted by Crippen LogP contribution is 2.34. The van der Waals surface area contributed by atoms with Crippen LogP contribution in [0.15, 0.2) is 24.3 Å². The van der Waals surface area contributed by atoms with Gasteiger partial charge in [0, 0.05) is 38.3 Å². The molecule has 5 nitrogen and oxygen atoms in total. The van der Waals surface area contributed by atoms with Gasteiger partial charge in [0.05, 0.1) is 0 Å². The van der Waals surface area contributed by atoms with Gasteiger partial charge >= 0.3 is 0 Å². The minimum atomic E-state index is -3.51. The molecule has 1 aromatic carbocycles. The number of nitrogens with zero attached hydrogens (tertiary/aromatic N) is 1. The first-order chi connectivity index (χ1) is 10.9. The van der Waals surface area contributed by atoms with Crippen molar-refractivity contribution in [2.45, 2.75) is 32.1 Å². The summed E-state index contributed by atoms with van der Waals surface area (Å²) in [5, 5.41) is 0. The molecule has 2 rings (SSSR count). The molecule has 0 bridgehead atoms. The van der Waals surface area contributed by atoms with Crippen LogP contribution in [0.2, 0.25) is 0 Å². The number of ether oxygens (including phenoxy) is 1. The molecule has 7 heteroatoms. The Balaban J connectivity index is 2.21. The molecule has 1 N–H and O–H groups in total. The van der Waals surface area contributed by atoms with Gasteiger partial charge in [0.1, 0.15) is 5.82 Å². The maximum Gasteiger partial charge on any atom is 0.279 e. The predicted molar refractivity (Wildman–Crippen MR) is 88.0 cm³/mol. The molecule has 1 fully saturated rings. The summed E-state index contributed by atoms with van der Waals surface area (Å²) in [7, 11) is -3.51. The van der Waals surface area contributed by atoms with Gasteiger partial charge in [-0.2, -0.15) is 12.7 Å². The Morgan fingerprint density at radius 3 is 2.26 bits per heavy atom. The van der Waals surface area contributed by atoms with Gasteiger partial charge in [-0.15, -0.1) is 0 Å². The van der Waals surface area contributed by atoms with E-state index in [1.54, 1.807) is 12.1 Å². The van der Waals surface area contributed by atoms with Gasteiger partial charge in [-0.25, -0.2) is 9.11 Å². The lowest BCUT2D eigenvalue weighted by molar-refractivity contribution is 0.0515. The van der Waals surface area contributed by atoms with Crippen LogP contribution in [0.25, 0.3) is 0 Å². The third-order valence-corrected chi connectivity index (χ3v) is 6.25. The van der Waals surface area contributed by atoms with Gasteiger partial charge in [0.2, 0.25) is 0 Å². The molecule has 0 amide bonds. The van der Waals surface area contributed by atoms with Crippen molar-refractivity contribution in [1.82, 2.24) is 9.03 Å². The predicted octanol–water partition coefficient (Wildman–Crippen LogP) is 2.05. The quantitative estimate of drug-likeness (QED) is 0.824. The van der Waals surface area contributed by atoms with Crippen molar-refractivity contribution in [2.24, 2.45) is 0 Å². The van der Waals surface area contributed by atoms with Crippen molar-refractivity contribution in [3.63, 3.8) is 0 Å². The largest absolute Gasteiger partial charge is 0.381 e. The lowest BCUT2D eigenvalue weighted by Crippen LogP contribution is -2.48. The van der Waals surface area contributed by atoms with E-state index >= 15 is 0 Å². The Morgan fingerprint density at radius 2 is 1.74 bits per heavy atom. The first-order valence-corrected chi connectivity index (χ1v) is 9.46. The highest BCUT2D eigenvalue weighted by Gasteiger charge is 2.36. The van der Waals surface area contributed by atoms with E-state index in [0.29, 0.717) is 45.7 Å². The van der Waals surface area contributed by atoms with Crippen LogP contribution in [0.3, 0.4) is 0 Å². The molecule has 1 aliphatic rings. The zero-order valence-corrected chi connectivity index (χ0v) is 14.5. The van der Waals surface area contributed by atoms with Crippen LogP contribution in [-0.4, -0.2) is 45.6 Å². The molecule has 130 valence electrons. The van der Waals surface area contributed by atoms with Crippen LogP contribution in [0.1, 0.15) is 32.3 Å². The zero-order valence-electron chi connectivity index (χ0n) is 13.7. The van der Waals surface area contributed by atoms with Crippen molar-refractivity contribution >= 4 is 10.2 Å². The second-order valence-electron chi connectivity index (χ2n) is 5.81. The third kappa shape index (κ3) is 4.29. The molecule has 0 radical (unpaired) electrons. The Bertz CT molecular complexity index is 594. The van der Waals surface area contributed by atoms with Crippen LogP contribution >= 0.6 is 0 Å². The molecule has 0 saturated carbocycles. The molecule has 0 unspecified atom stereocenters. The molecule has 0 aromatic heterocycles. The maximum atomic E-state index is 13.2. The van der Waals surface area contributed by atoms with Crippen LogP contribution in [-0.2, 0) is 20.4 Å². The molecule has 0 aliphatic carbocycles. The molecule has 1 aromatic rings. The first kappa shape index (κ1) is 18.3. The van der Waals surface area contributed by atoms with Gasteiger partial charge in [0.15, 0.2) is 0 Å². The van der Waals surface area contributed by atoms with Crippen LogP contribution in [0.4, 0.5) is 4.39 Å². The van der Waals surface area contributed by atoms with Gasteiger partial charge in [-0.3, -0.25) is 0 Å².